The highest BCUT2D eigenvalue weighted by atomic mass is 16.5. The third kappa shape index (κ3) is 3.67. The number of anilines is 4. The van der Waals surface area contributed by atoms with Crippen molar-refractivity contribution in [3.05, 3.63) is 71.4 Å². The predicted octanol–water partition coefficient (Wildman–Crippen LogP) is 4.40. The Balaban J connectivity index is 1.61. The molecular weight excluding hydrogens is 352 g/mol. The maximum absolute atomic E-state index is 11.6. The van der Waals surface area contributed by atoms with Crippen LogP contribution in [0.15, 0.2) is 54.6 Å². The first kappa shape index (κ1) is 18.0. The van der Waals surface area contributed by atoms with Gasteiger partial charge in [-0.15, -0.1) is 0 Å². The molecule has 6 nitrogen and oxygen atoms in total. The summed E-state index contributed by atoms with van der Waals surface area (Å²) in [5.41, 5.74) is 4.76. The van der Waals surface area contributed by atoms with E-state index in [1.54, 1.807) is 12.1 Å². The number of fused-ring (bicyclic) bond motifs is 1. The average Bonchev–Trinajstić information content (AvgIpc) is 2.73. The summed E-state index contributed by atoms with van der Waals surface area (Å²) >= 11 is 0. The number of methoxy groups -OCH3 is 1. The van der Waals surface area contributed by atoms with Crippen molar-refractivity contribution in [1.29, 1.82) is 0 Å². The Hall–Kier alpha value is -3.41. The maximum Gasteiger partial charge on any atom is 0.337 e. The summed E-state index contributed by atoms with van der Waals surface area (Å²) in [4.78, 5) is 23.1. The molecule has 1 aliphatic rings. The van der Waals surface area contributed by atoms with E-state index in [1.807, 2.05) is 25.1 Å². The molecule has 1 N–H and O–H groups in total. The first-order valence-corrected chi connectivity index (χ1v) is 9.30. The van der Waals surface area contributed by atoms with E-state index in [-0.39, 0.29) is 5.97 Å². The molecule has 0 fully saturated rings. The van der Waals surface area contributed by atoms with Gasteiger partial charge in [-0.2, -0.15) is 4.98 Å². The van der Waals surface area contributed by atoms with E-state index < -0.39 is 0 Å². The second kappa shape index (κ2) is 7.68. The van der Waals surface area contributed by atoms with Gasteiger partial charge >= 0.3 is 5.97 Å². The lowest BCUT2D eigenvalue weighted by atomic mass is 10.0. The zero-order valence-corrected chi connectivity index (χ0v) is 16.0. The number of ether oxygens (including phenoxy) is 1. The zero-order chi connectivity index (χ0) is 19.5. The van der Waals surface area contributed by atoms with Crippen molar-refractivity contribution in [1.82, 2.24) is 9.97 Å². The van der Waals surface area contributed by atoms with Gasteiger partial charge in [-0.25, -0.2) is 9.78 Å². The molecule has 0 saturated heterocycles. The Morgan fingerprint density at radius 2 is 1.89 bits per heavy atom. The lowest BCUT2D eigenvalue weighted by molar-refractivity contribution is 0.0601. The van der Waals surface area contributed by atoms with Crippen LogP contribution >= 0.6 is 0 Å². The number of nitrogens with zero attached hydrogens (tertiary/aromatic N) is 3. The molecule has 1 aliphatic heterocycles. The predicted molar refractivity (Wildman–Crippen MR) is 110 cm³/mol. The molecule has 0 amide bonds. The summed E-state index contributed by atoms with van der Waals surface area (Å²) < 4.78 is 4.73. The molecule has 4 rings (SSSR count). The molecule has 3 aromatic rings. The van der Waals surface area contributed by atoms with E-state index in [0.29, 0.717) is 11.5 Å². The summed E-state index contributed by atoms with van der Waals surface area (Å²) in [6.45, 7) is 2.90. The van der Waals surface area contributed by atoms with Crippen molar-refractivity contribution in [3.63, 3.8) is 0 Å². The Labute approximate surface area is 164 Å². The standard InChI is InChI=1S/C22H22N4O2/c1-15-14-20(26-13-5-7-16-6-3-4-8-19(16)26)25-22(23-15)24-18-11-9-17(10-12-18)21(27)28-2/h3-4,6,8-12,14H,5,7,13H2,1-2H3,(H,23,24,25). The van der Waals surface area contributed by atoms with Gasteiger partial charge in [0.1, 0.15) is 5.82 Å². The Morgan fingerprint density at radius 3 is 2.68 bits per heavy atom. The summed E-state index contributed by atoms with van der Waals surface area (Å²) in [5, 5.41) is 3.23. The molecule has 0 atom stereocenters. The van der Waals surface area contributed by atoms with Gasteiger partial charge in [-0.3, -0.25) is 0 Å². The van der Waals surface area contributed by atoms with Crippen molar-refractivity contribution in [3.8, 4) is 0 Å². The van der Waals surface area contributed by atoms with Gasteiger partial charge in [0, 0.05) is 29.7 Å². The second-order valence-corrected chi connectivity index (χ2v) is 6.77. The normalized spacial score (nSPS) is 13.0. The van der Waals surface area contributed by atoms with E-state index in [2.05, 4.69) is 39.5 Å². The highest BCUT2D eigenvalue weighted by Crippen LogP contribution is 2.33. The molecule has 1 aromatic heterocycles. The number of carbonyl (C=O) groups excluding carboxylic acids is 1. The van der Waals surface area contributed by atoms with Crippen LogP contribution in [0.2, 0.25) is 0 Å². The van der Waals surface area contributed by atoms with Crippen LogP contribution in [0, 0.1) is 6.92 Å². The Kier molecular flexibility index (Phi) is 4.93. The van der Waals surface area contributed by atoms with E-state index >= 15 is 0 Å². The molecule has 0 radical (unpaired) electrons. The Morgan fingerprint density at radius 1 is 1.11 bits per heavy atom. The Bertz CT molecular complexity index is 1000. The lowest BCUT2D eigenvalue weighted by Gasteiger charge is -2.30. The van der Waals surface area contributed by atoms with Gasteiger partial charge in [0.25, 0.3) is 0 Å². The first-order valence-electron chi connectivity index (χ1n) is 9.30. The van der Waals surface area contributed by atoms with E-state index in [0.717, 1.165) is 36.6 Å². The van der Waals surface area contributed by atoms with Gasteiger partial charge in [0.05, 0.1) is 12.7 Å². The monoisotopic (exact) mass is 374 g/mol. The molecule has 0 unspecified atom stereocenters. The van der Waals surface area contributed by atoms with Crippen LogP contribution in [-0.2, 0) is 11.2 Å². The molecule has 0 aliphatic carbocycles. The van der Waals surface area contributed by atoms with E-state index in [1.165, 1.54) is 18.4 Å². The number of esters is 1. The highest BCUT2D eigenvalue weighted by Gasteiger charge is 2.19. The number of nitrogens with one attached hydrogen (secondary N) is 1. The van der Waals surface area contributed by atoms with Crippen molar-refractivity contribution in [2.24, 2.45) is 0 Å². The van der Waals surface area contributed by atoms with Crippen LogP contribution in [0.5, 0.6) is 0 Å². The van der Waals surface area contributed by atoms with Crippen molar-refractivity contribution in [2.45, 2.75) is 19.8 Å². The second-order valence-electron chi connectivity index (χ2n) is 6.77. The number of benzene rings is 2. The molecule has 28 heavy (non-hydrogen) atoms. The minimum Gasteiger partial charge on any atom is -0.465 e. The van der Waals surface area contributed by atoms with Crippen LogP contribution in [-0.4, -0.2) is 29.6 Å². The number of carbonyl (C=O) groups is 1. The lowest BCUT2D eigenvalue weighted by Crippen LogP contribution is -2.25. The topological polar surface area (TPSA) is 67.3 Å². The molecule has 6 heteroatoms. The minimum absolute atomic E-state index is 0.357. The molecule has 2 aromatic carbocycles. The smallest absolute Gasteiger partial charge is 0.337 e. The van der Waals surface area contributed by atoms with Crippen molar-refractivity contribution >= 4 is 29.1 Å². The summed E-state index contributed by atoms with van der Waals surface area (Å²) in [6.07, 6.45) is 2.19. The zero-order valence-electron chi connectivity index (χ0n) is 16.0. The number of hydrogen-bond acceptors (Lipinski definition) is 6. The molecule has 142 valence electrons. The van der Waals surface area contributed by atoms with Gasteiger partial charge < -0.3 is 15.0 Å². The summed E-state index contributed by atoms with van der Waals surface area (Å²) in [7, 11) is 1.37. The quantitative estimate of drug-likeness (QED) is 0.683. The molecule has 0 spiro atoms. The van der Waals surface area contributed by atoms with E-state index in [9.17, 15) is 4.79 Å². The fraction of sp³-hybridized carbons (Fsp3) is 0.227. The van der Waals surface area contributed by atoms with Crippen LogP contribution in [0.25, 0.3) is 0 Å². The van der Waals surface area contributed by atoms with Crippen LogP contribution in [0.1, 0.15) is 28.0 Å². The largest absolute Gasteiger partial charge is 0.465 e. The fourth-order valence-corrected chi connectivity index (χ4v) is 3.45. The minimum atomic E-state index is -0.357. The molecule has 0 bridgehead atoms. The van der Waals surface area contributed by atoms with Gasteiger partial charge in [0.2, 0.25) is 5.95 Å². The van der Waals surface area contributed by atoms with Gasteiger partial charge in [-0.1, -0.05) is 18.2 Å². The fourth-order valence-electron chi connectivity index (χ4n) is 3.45. The van der Waals surface area contributed by atoms with Crippen LogP contribution in [0.3, 0.4) is 0 Å². The third-order valence-electron chi connectivity index (χ3n) is 4.79. The first-order chi connectivity index (χ1) is 13.6. The molecular formula is C22H22N4O2. The average molecular weight is 374 g/mol. The van der Waals surface area contributed by atoms with Gasteiger partial charge in [0.15, 0.2) is 0 Å². The maximum atomic E-state index is 11.6. The molecule has 2 heterocycles. The number of aryl methyl sites for hydroxylation is 2. The number of aromatic nitrogens is 2. The van der Waals surface area contributed by atoms with Crippen molar-refractivity contribution in [2.75, 3.05) is 23.9 Å². The van der Waals surface area contributed by atoms with Gasteiger partial charge in [-0.05, 0) is 55.7 Å². The summed E-state index contributed by atoms with van der Waals surface area (Å²) in [5.74, 6) is 1.06. The molecule has 0 saturated carbocycles. The summed E-state index contributed by atoms with van der Waals surface area (Å²) in [6, 6.07) is 17.5. The van der Waals surface area contributed by atoms with Crippen molar-refractivity contribution < 1.29 is 9.53 Å². The number of para-hydroxylation sites is 1. The highest BCUT2D eigenvalue weighted by molar-refractivity contribution is 5.89. The third-order valence-corrected chi connectivity index (χ3v) is 4.79. The van der Waals surface area contributed by atoms with Crippen LogP contribution < -0.4 is 10.2 Å². The van der Waals surface area contributed by atoms with Crippen LogP contribution in [0.4, 0.5) is 23.1 Å². The SMILES string of the molecule is COC(=O)c1ccc(Nc2nc(C)cc(N3CCCc4ccccc43)n2)cc1. The van der Waals surface area contributed by atoms with E-state index in [4.69, 9.17) is 9.72 Å². The number of hydrogen-bond donors (Lipinski definition) is 1. The number of rotatable bonds is 4.